The third kappa shape index (κ3) is 4.23. The maximum Gasteiger partial charge on any atom is 0.0715 e. The Morgan fingerprint density at radius 1 is 0.342 bits per heavy atom. The molecule has 2 heterocycles. The number of pyridine rings is 2. The standard InChI is InChI=1S/C36H24N2/c1-3-8-29-20-31(17-15-25(29)6-1)35-22-34(28-13-11-27(12-14-28)33-10-5-19-37-24-33)23-36(38-35)32-18-16-26-7-2-4-9-30(26)21-32/h1-24H. The summed E-state index contributed by atoms with van der Waals surface area (Å²) in [6.45, 7) is 0. The highest BCUT2D eigenvalue weighted by atomic mass is 14.7. The third-order valence-electron chi connectivity index (χ3n) is 7.13. The van der Waals surface area contributed by atoms with Crippen LogP contribution in [0.25, 0.3) is 66.3 Å². The van der Waals surface area contributed by atoms with Gasteiger partial charge in [0.15, 0.2) is 0 Å². The smallest absolute Gasteiger partial charge is 0.0715 e. The number of fused-ring (bicyclic) bond motifs is 2. The van der Waals surface area contributed by atoms with Crippen molar-refractivity contribution in [2.45, 2.75) is 0 Å². The lowest BCUT2D eigenvalue weighted by atomic mass is 9.96. The van der Waals surface area contributed by atoms with E-state index in [1.807, 2.05) is 12.3 Å². The van der Waals surface area contributed by atoms with Gasteiger partial charge in [-0.05, 0) is 74.1 Å². The fourth-order valence-electron chi connectivity index (χ4n) is 5.08. The molecule has 2 heteroatoms. The molecule has 0 fully saturated rings. The van der Waals surface area contributed by atoms with Crippen molar-refractivity contribution < 1.29 is 0 Å². The van der Waals surface area contributed by atoms with Gasteiger partial charge in [-0.2, -0.15) is 0 Å². The molecule has 7 rings (SSSR count). The van der Waals surface area contributed by atoms with Crippen LogP contribution < -0.4 is 0 Å². The van der Waals surface area contributed by atoms with Crippen LogP contribution in [0.3, 0.4) is 0 Å². The van der Waals surface area contributed by atoms with E-state index in [0.717, 1.165) is 44.8 Å². The quantitative estimate of drug-likeness (QED) is 0.249. The second-order valence-corrected chi connectivity index (χ2v) is 9.57. The molecule has 0 radical (unpaired) electrons. The van der Waals surface area contributed by atoms with Gasteiger partial charge in [-0.3, -0.25) is 4.98 Å². The van der Waals surface area contributed by atoms with Crippen LogP contribution in [0.2, 0.25) is 0 Å². The molecule has 0 aliphatic heterocycles. The molecule has 2 nitrogen and oxygen atoms in total. The van der Waals surface area contributed by atoms with Crippen LogP contribution in [0, 0.1) is 0 Å². The zero-order chi connectivity index (χ0) is 25.3. The lowest BCUT2D eigenvalue weighted by molar-refractivity contribution is 1.32. The van der Waals surface area contributed by atoms with Gasteiger partial charge in [0.1, 0.15) is 0 Å². The Labute approximate surface area is 221 Å². The number of hydrogen-bond donors (Lipinski definition) is 0. The van der Waals surface area contributed by atoms with Gasteiger partial charge in [0.05, 0.1) is 11.4 Å². The summed E-state index contributed by atoms with van der Waals surface area (Å²) in [4.78, 5) is 9.44. The van der Waals surface area contributed by atoms with Crippen molar-refractivity contribution in [2.24, 2.45) is 0 Å². The van der Waals surface area contributed by atoms with Gasteiger partial charge in [-0.15, -0.1) is 0 Å². The van der Waals surface area contributed by atoms with Gasteiger partial charge in [0.25, 0.3) is 0 Å². The number of benzene rings is 5. The first-order valence-electron chi connectivity index (χ1n) is 12.8. The van der Waals surface area contributed by atoms with Crippen molar-refractivity contribution >= 4 is 21.5 Å². The Morgan fingerprint density at radius 3 is 1.37 bits per heavy atom. The number of aromatic nitrogens is 2. The van der Waals surface area contributed by atoms with E-state index in [0.29, 0.717) is 0 Å². The number of hydrogen-bond acceptors (Lipinski definition) is 2. The summed E-state index contributed by atoms with van der Waals surface area (Å²) in [6, 6.07) is 47.3. The van der Waals surface area contributed by atoms with Gasteiger partial charge >= 0.3 is 0 Å². The highest BCUT2D eigenvalue weighted by Gasteiger charge is 2.11. The second-order valence-electron chi connectivity index (χ2n) is 9.57. The molecule has 2 aromatic heterocycles. The molecule has 0 aliphatic rings. The molecule has 0 spiro atoms. The highest BCUT2D eigenvalue weighted by Crippen LogP contribution is 2.33. The van der Waals surface area contributed by atoms with Gasteiger partial charge in [0.2, 0.25) is 0 Å². The monoisotopic (exact) mass is 484 g/mol. The maximum atomic E-state index is 5.17. The first-order valence-corrected chi connectivity index (χ1v) is 12.8. The SMILES string of the molecule is c1cncc(-c2ccc(-c3cc(-c4ccc5ccccc5c4)nc(-c4ccc5ccccc5c4)c3)cc2)c1. The summed E-state index contributed by atoms with van der Waals surface area (Å²) in [5.41, 5.74) is 8.72. The molecule has 38 heavy (non-hydrogen) atoms. The van der Waals surface area contributed by atoms with Crippen molar-refractivity contribution in [1.29, 1.82) is 0 Å². The van der Waals surface area contributed by atoms with E-state index in [-0.39, 0.29) is 0 Å². The van der Waals surface area contributed by atoms with Crippen LogP contribution >= 0.6 is 0 Å². The van der Waals surface area contributed by atoms with Gasteiger partial charge < -0.3 is 0 Å². The van der Waals surface area contributed by atoms with Crippen molar-refractivity contribution in [2.75, 3.05) is 0 Å². The number of nitrogens with zero attached hydrogens (tertiary/aromatic N) is 2. The largest absolute Gasteiger partial charge is 0.264 e. The molecular formula is C36H24N2. The first-order chi connectivity index (χ1) is 18.8. The van der Waals surface area contributed by atoms with E-state index >= 15 is 0 Å². The summed E-state index contributed by atoms with van der Waals surface area (Å²) < 4.78 is 0. The molecular weight excluding hydrogens is 460 g/mol. The molecule has 0 unspecified atom stereocenters. The van der Waals surface area contributed by atoms with Crippen molar-refractivity contribution in [1.82, 2.24) is 9.97 Å². The molecule has 0 bridgehead atoms. The minimum Gasteiger partial charge on any atom is -0.264 e. The Hall–Kier alpha value is -5.08. The molecule has 0 saturated carbocycles. The molecule has 0 amide bonds. The van der Waals surface area contributed by atoms with Crippen molar-refractivity contribution in [3.63, 3.8) is 0 Å². The van der Waals surface area contributed by atoms with E-state index in [1.165, 1.54) is 21.5 Å². The number of rotatable bonds is 4. The molecule has 0 aliphatic carbocycles. The molecule has 0 atom stereocenters. The summed E-state index contributed by atoms with van der Waals surface area (Å²) in [6.07, 6.45) is 3.70. The molecule has 0 saturated heterocycles. The van der Waals surface area contributed by atoms with Crippen LogP contribution in [-0.2, 0) is 0 Å². The summed E-state index contributed by atoms with van der Waals surface area (Å²) in [7, 11) is 0. The summed E-state index contributed by atoms with van der Waals surface area (Å²) in [5.74, 6) is 0. The third-order valence-corrected chi connectivity index (χ3v) is 7.13. The maximum absolute atomic E-state index is 5.17. The van der Waals surface area contributed by atoms with Crippen LogP contribution in [0.4, 0.5) is 0 Å². The zero-order valence-corrected chi connectivity index (χ0v) is 20.8. The average Bonchev–Trinajstić information content (AvgIpc) is 3.01. The van der Waals surface area contributed by atoms with E-state index in [1.54, 1.807) is 6.20 Å². The fraction of sp³-hybridized carbons (Fsp3) is 0. The highest BCUT2D eigenvalue weighted by molar-refractivity contribution is 5.90. The minimum atomic E-state index is 0.966. The normalized spacial score (nSPS) is 11.2. The van der Waals surface area contributed by atoms with E-state index in [4.69, 9.17) is 4.98 Å². The predicted octanol–water partition coefficient (Wildman–Crippen LogP) is 9.45. The van der Waals surface area contributed by atoms with Crippen molar-refractivity contribution in [3.05, 3.63) is 146 Å². The van der Waals surface area contributed by atoms with Crippen molar-refractivity contribution in [3.8, 4) is 44.8 Å². The Morgan fingerprint density at radius 2 is 0.842 bits per heavy atom. The predicted molar refractivity (Wildman–Crippen MR) is 159 cm³/mol. The van der Waals surface area contributed by atoms with Crippen LogP contribution in [0.5, 0.6) is 0 Å². The van der Waals surface area contributed by atoms with Crippen LogP contribution in [-0.4, -0.2) is 9.97 Å². The first kappa shape index (κ1) is 22.1. The van der Waals surface area contributed by atoms with Gasteiger partial charge in [-0.25, -0.2) is 4.98 Å². The fourth-order valence-corrected chi connectivity index (χ4v) is 5.08. The van der Waals surface area contributed by atoms with Gasteiger partial charge in [0, 0.05) is 23.5 Å². The summed E-state index contributed by atoms with van der Waals surface area (Å²) >= 11 is 0. The molecule has 0 N–H and O–H groups in total. The topological polar surface area (TPSA) is 25.8 Å². The average molecular weight is 485 g/mol. The Bertz CT molecular complexity index is 1810. The molecule has 7 aromatic rings. The van der Waals surface area contributed by atoms with Crippen LogP contribution in [0.1, 0.15) is 0 Å². The van der Waals surface area contributed by atoms with E-state index in [2.05, 4.69) is 132 Å². The molecule has 178 valence electrons. The lowest BCUT2D eigenvalue weighted by Gasteiger charge is -2.12. The second kappa shape index (κ2) is 9.42. The van der Waals surface area contributed by atoms with Gasteiger partial charge in [-0.1, -0.05) is 103 Å². The Balaban J connectivity index is 1.38. The van der Waals surface area contributed by atoms with Crippen LogP contribution in [0.15, 0.2) is 146 Å². The zero-order valence-electron chi connectivity index (χ0n) is 20.8. The lowest BCUT2D eigenvalue weighted by Crippen LogP contribution is -1.92. The summed E-state index contributed by atoms with van der Waals surface area (Å²) in [5, 5.41) is 4.89. The van der Waals surface area contributed by atoms with E-state index < -0.39 is 0 Å². The van der Waals surface area contributed by atoms with E-state index in [9.17, 15) is 0 Å². The minimum absolute atomic E-state index is 0.966. The molecule has 5 aromatic carbocycles. The Kier molecular flexibility index (Phi) is 5.49.